The number of aliphatic carboxylic acids is 1. The van der Waals surface area contributed by atoms with Crippen molar-refractivity contribution in [2.75, 3.05) is 13.1 Å². The smallest absolute Gasteiger partial charge is 0.326 e. The molecule has 2 atom stereocenters. The van der Waals surface area contributed by atoms with Gasteiger partial charge in [0, 0.05) is 19.5 Å². The largest absolute Gasteiger partial charge is 0.480 e. The Bertz CT molecular complexity index is 492. The molecule has 2 amide bonds. The summed E-state index contributed by atoms with van der Waals surface area (Å²) in [5.41, 5.74) is 1.20. The van der Waals surface area contributed by atoms with E-state index in [1.54, 1.807) is 0 Å². The van der Waals surface area contributed by atoms with Crippen molar-refractivity contribution >= 4 is 12.0 Å². The number of nitrogens with one attached hydrogen (secondary N) is 1. The highest BCUT2D eigenvalue weighted by Gasteiger charge is 2.38. The molecule has 1 fully saturated rings. The van der Waals surface area contributed by atoms with Crippen LogP contribution in [0.25, 0.3) is 0 Å². The van der Waals surface area contributed by atoms with Crippen LogP contribution < -0.4 is 5.32 Å². The normalized spacial score (nSPS) is 21.3. The molecule has 1 aromatic rings. The van der Waals surface area contributed by atoms with Gasteiger partial charge in [0.25, 0.3) is 0 Å². The number of β-amino-alcohol motifs (C(OH)–C–C–N with tert-alkyl or cyclic N) is 1. The second kappa shape index (κ2) is 7.08. The Morgan fingerprint density at radius 1 is 1.29 bits per heavy atom. The second-order valence-corrected chi connectivity index (χ2v) is 5.22. The molecule has 3 N–H and O–H groups in total. The van der Waals surface area contributed by atoms with E-state index in [1.165, 1.54) is 10.5 Å². The summed E-state index contributed by atoms with van der Waals surface area (Å²) in [5, 5.41) is 21.3. The van der Waals surface area contributed by atoms with Gasteiger partial charge in [0.2, 0.25) is 0 Å². The summed E-state index contributed by atoms with van der Waals surface area (Å²) < 4.78 is 0. The van der Waals surface area contributed by atoms with Gasteiger partial charge in [-0.05, 0) is 18.4 Å². The van der Waals surface area contributed by atoms with E-state index in [0.717, 1.165) is 12.8 Å². The molecule has 6 nitrogen and oxygen atoms in total. The molecule has 0 aliphatic carbocycles. The standard InChI is InChI=1S/C15H20N2O4/c18-12-9-13(14(19)20)17(10-12)15(21)16-8-4-7-11-5-2-1-3-6-11/h1-3,5-6,12-13,18H,4,7-10H2,(H,16,21)(H,19,20)/t12-,13-/m0/s1. The minimum atomic E-state index is -1.08. The highest BCUT2D eigenvalue weighted by molar-refractivity contribution is 5.83. The third-order valence-electron chi connectivity index (χ3n) is 3.59. The number of aliphatic hydroxyl groups excluding tert-OH is 1. The Morgan fingerprint density at radius 2 is 2.00 bits per heavy atom. The minimum absolute atomic E-state index is 0.0709. The third-order valence-corrected chi connectivity index (χ3v) is 3.59. The van der Waals surface area contributed by atoms with Gasteiger partial charge in [-0.2, -0.15) is 0 Å². The van der Waals surface area contributed by atoms with Crippen LogP contribution in [0, 0.1) is 0 Å². The second-order valence-electron chi connectivity index (χ2n) is 5.22. The fraction of sp³-hybridized carbons (Fsp3) is 0.467. The molecule has 1 saturated heterocycles. The van der Waals surface area contributed by atoms with E-state index in [-0.39, 0.29) is 13.0 Å². The van der Waals surface area contributed by atoms with E-state index in [4.69, 9.17) is 5.11 Å². The lowest BCUT2D eigenvalue weighted by Crippen LogP contribution is -2.46. The predicted molar refractivity (Wildman–Crippen MR) is 76.9 cm³/mol. The van der Waals surface area contributed by atoms with Gasteiger partial charge in [-0.25, -0.2) is 9.59 Å². The number of carbonyl (C=O) groups excluding carboxylic acids is 1. The lowest BCUT2D eigenvalue weighted by atomic mass is 10.1. The Morgan fingerprint density at radius 3 is 2.67 bits per heavy atom. The number of hydrogen-bond acceptors (Lipinski definition) is 3. The van der Waals surface area contributed by atoms with Gasteiger partial charge in [0.05, 0.1) is 6.10 Å². The van der Waals surface area contributed by atoms with E-state index in [0.29, 0.717) is 6.54 Å². The van der Waals surface area contributed by atoms with Crippen LogP contribution in [-0.4, -0.2) is 52.3 Å². The first-order valence-corrected chi connectivity index (χ1v) is 7.07. The van der Waals surface area contributed by atoms with E-state index >= 15 is 0 Å². The van der Waals surface area contributed by atoms with Crippen molar-refractivity contribution in [3.05, 3.63) is 35.9 Å². The summed E-state index contributed by atoms with van der Waals surface area (Å²) in [4.78, 5) is 24.2. The topological polar surface area (TPSA) is 89.9 Å². The Kier molecular flexibility index (Phi) is 5.16. The summed E-state index contributed by atoms with van der Waals surface area (Å²) in [7, 11) is 0. The number of carbonyl (C=O) groups is 2. The molecule has 0 aromatic heterocycles. The van der Waals surface area contributed by atoms with Crippen LogP contribution in [0.15, 0.2) is 30.3 Å². The predicted octanol–water partition coefficient (Wildman–Crippen LogP) is 0.849. The molecule has 21 heavy (non-hydrogen) atoms. The van der Waals surface area contributed by atoms with Gasteiger partial charge in [-0.3, -0.25) is 0 Å². The number of amides is 2. The average molecular weight is 292 g/mol. The fourth-order valence-electron chi connectivity index (χ4n) is 2.51. The number of aliphatic hydroxyl groups is 1. The van der Waals surface area contributed by atoms with Crippen LogP contribution in [0.2, 0.25) is 0 Å². The summed E-state index contributed by atoms with van der Waals surface area (Å²) >= 11 is 0. The van der Waals surface area contributed by atoms with Crippen molar-refractivity contribution in [2.45, 2.75) is 31.4 Å². The number of likely N-dealkylation sites (tertiary alicyclic amines) is 1. The molecule has 2 rings (SSSR count). The van der Waals surface area contributed by atoms with Crippen LogP contribution in [-0.2, 0) is 11.2 Å². The number of benzene rings is 1. The first-order valence-electron chi connectivity index (χ1n) is 7.07. The van der Waals surface area contributed by atoms with Gasteiger partial charge in [0.15, 0.2) is 0 Å². The van der Waals surface area contributed by atoms with Crippen LogP contribution in [0.5, 0.6) is 0 Å². The van der Waals surface area contributed by atoms with Crippen molar-refractivity contribution in [1.29, 1.82) is 0 Å². The van der Waals surface area contributed by atoms with Crippen molar-refractivity contribution < 1.29 is 19.8 Å². The third kappa shape index (κ3) is 4.19. The van der Waals surface area contributed by atoms with Gasteiger partial charge in [-0.1, -0.05) is 30.3 Å². The minimum Gasteiger partial charge on any atom is -0.480 e. The molecule has 114 valence electrons. The van der Waals surface area contributed by atoms with Gasteiger partial charge < -0.3 is 20.4 Å². The van der Waals surface area contributed by atoms with Gasteiger partial charge in [0.1, 0.15) is 6.04 Å². The molecule has 1 heterocycles. The van der Waals surface area contributed by atoms with E-state index < -0.39 is 24.1 Å². The van der Waals surface area contributed by atoms with E-state index in [2.05, 4.69) is 5.32 Å². The Labute approximate surface area is 123 Å². The van der Waals surface area contributed by atoms with E-state index in [1.807, 2.05) is 30.3 Å². The molecule has 0 bridgehead atoms. The SMILES string of the molecule is O=C(O)[C@@H]1C[C@H](O)CN1C(=O)NCCCc1ccccc1. The zero-order valence-corrected chi connectivity index (χ0v) is 11.7. The lowest BCUT2D eigenvalue weighted by molar-refractivity contribution is -0.141. The van der Waals surface area contributed by atoms with E-state index in [9.17, 15) is 14.7 Å². The van der Waals surface area contributed by atoms with Crippen molar-refractivity contribution in [3.8, 4) is 0 Å². The first-order chi connectivity index (χ1) is 10.1. The molecular formula is C15H20N2O4. The molecule has 0 unspecified atom stereocenters. The highest BCUT2D eigenvalue weighted by Crippen LogP contribution is 2.18. The van der Waals surface area contributed by atoms with Crippen molar-refractivity contribution in [2.24, 2.45) is 0 Å². The maximum Gasteiger partial charge on any atom is 0.326 e. The zero-order valence-electron chi connectivity index (χ0n) is 11.7. The lowest BCUT2D eigenvalue weighted by Gasteiger charge is -2.21. The number of aryl methyl sites for hydroxylation is 1. The van der Waals surface area contributed by atoms with Crippen LogP contribution in [0.3, 0.4) is 0 Å². The summed E-state index contributed by atoms with van der Waals surface area (Å²) in [6.07, 6.45) is 0.962. The van der Waals surface area contributed by atoms with Gasteiger partial charge >= 0.3 is 12.0 Å². The van der Waals surface area contributed by atoms with Crippen LogP contribution in [0.1, 0.15) is 18.4 Å². The monoisotopic (exact) mass is 292 g/mol. The Balaban J connectivity index is 1.75. The maximum atomic E-state index is 12.0. The highest BCUT2D eigenvalue weighted by atomic mass is 16.4. The Hall–Kier alpha value is -2.08. The molecule has 1 aliphatic rings. The zero-order chi connectivity index (χ0) is 15.2. The van der Waals surface area contributed by atoms with Gasteiger partial charge in [-0.15, -0.1) is 0 Å². The number of carboxylic acid groups (broad SMARTS) is 1. The average Bonchev–Trinajstić information content (AvgIpc) is 2.87. The number of urea groups is 1. The molecule has 0 saturated carbocycles. The summed E-state index contributed by atoms with van der Waals surface area (Å²) in [5.74, 6) is -1.08. The fourth-order valence-corrected chi connectivity index (χ4v) is 2.51. The number of carboxylic acids is 1. The molecule has 6 heteroatoms. The van der Waals surface area contributed by atoms with Crippen molar-refractivity contribution in [3.63, 3.8) is 0 Å². The number of nitrogens with zero attached hydrogens (tertiary/aromatic N) is 1. The molecule has 1 aliphatic heterocycles. The maximum absolute atomic E-state index is 12.0. The first kappa shape index (κ1) is 15.3. The van der Waals surface area contributed by atoms with Crippen LogP contribution in [0.4, 0.5) is 4.79 Å². The summed E-state index contributed by atoms with van der Waals surface area (Å²) in [6, 6.07) is 8.59. The number of rotatable bonds is 5. The molecule has 1 aromatic carbocycles. The number of hydrogen-bond donors (Lipinski definition) is 3. The molecule has 0 spiro atoms. The molecular weight excluding hydrogens is 272 g/mol. The van der Waals surface area contributed by atoms with Crippen molar-refractivity contribution in [1.82, 2.24) is 10.2 Å². The molecule has 0 radical (unpaired) electrons. The summed E-state index contributed by atoms with van der Waals surface area (Å²) in [6.45, 7) is 0.550. The quantitative estimate of drug-likeness (QED) is 0.702. The van der Waals surface area contributed by atoms with Crippen LogP contribution >= 0.6 is 0 Å².